The zero-order chi connectivity index (χ0) is 28.0. The molecule has 1 rings (SSSR count). The van der Waals surface area contributed by atoms with Gasteiger partial charge in [0.1, 0.15) is 29.9 Å². The van der Waals surface area contributed by atoms with Gasteiger partial charge in [0.05, 0.1) is 6.10 Å². The van der Waals surface area contributed by atoms with Crippen molar-refractivity contribution in [1.82, 2.24) is 16.0 Å². The third kappa shape index (κ3) is 11.8. The van der Waals surface area contributed by atoms with Gasteiger partial charge in [-0.25, -0.2) is 4.79 Å². The number of aliphatic carboxylic acids is 1. The van der Waals surface area contributed by atoms with Gasteiger partial charge in [-0.1, -0.05) is 12.1 Å². The number of hydrogen-bond donors (Lipinski definition) is 8. The van der Waals surface area contributed by atoms with Gasteiger partial charge in [-0.2, -0.15) is 11.8 Å². The summed E-state index contributed by atoms with van der Waals surface area (Å²) in [7, 11) is 0. The number of benzene rings is 1. The summed E-state index contributed by atoms with van der Waals surface area (Å²) in [6.45, 7) is 1.74. The Balaban J connectivity index is 3.12. The van der Waals surface area contributed by atoms with Crippen LogP contribution in [0, 0.1) is 0 Å². The lowest BCUT2D eigenvalue weighted by Gasteiger charge is -2.25. The van der Waals surface area contributed by atoms with Crippen molar-refractivity contribution >= 4 is 35.5 Å². The van der Waals surface area contributed by atoms with E-state index in [0.29, 0.717) is 30.7 Å². The van der Waals surface area contributed by atoms with E-state index in [1.807, 2.05) is 6.26 Å². The van der Waals surface area contributed by atoms with Crippen LogP contribution in [-0.4, -0.2) is 87.8 Å². The molecule has 5 unspecified atom stereocenters. The Morgan fingerprint density at radius 2 is 1.49 bits per heavy atom. The number of carbonyl (C=O) groups excluding carboxylic acids is 3. The summed E-state index contributed by atoms with van der Waals surface area (Å²) in [5, 5.41) is 36.3. The number of carboxylic acids is 1. The van der Waals surface area contributed by atoms with Crippen LogP contribution in [0.5, 0.6) is 5.75 Å². The second-order valence-corrected chi connectivity index (χ2v) is 9.71. The number of phenols is 1. The molecule has 10 N–H and O–H groups in total. The van der Waals surface area contributed by atoms with Crippen LogP contribution in [0.3, 0.4) is 0 Å². The van der Waals surface area contributed by atoms with Gasteiger partial charge in [0.25, 0.3) is 0 Å². The molecule has 3 amide bonds. The lowest BCUT2D eigenvalue weighted by Crippen LogP contribution is -2.58. The Morgan fingerprint density at radius 3 is 2.03 bits per heavy atom. The van der Waals surface area contributed by atoms with Crippen molar-refractivity contribution in [2.75, 3.05) is 18.6 Å². The third-order valence-corrected chi connectivity index (χ3v) is 6.28. The fourth-order valence-electron chi connectivity index (χ4n) is 3.36. The van der Waals surface area contributed by atoms with Gasteiger partial charge in [-0.05, 0) is 68.9 Å². The molecule has 12 nitrogen and oxygen atoms in total. The van der Waals surface area contributed by atoms with Gasteiger partial charge < -0.3 is 42.7 Å². The number of carboxylic acid groups (broad SMARTS) is 1. The molecule has 37 heavy (non-hydrogen) atoms. The first-order chi connectivity index (χ1) is 17.5. The van der Waals surface area contributed by atoms with E-state index < -0.39 is 54.0 Å². The monoisotopic (exact) mass is 541 g/mol. The van der Waals surface area contributed by atoms with Crippen LogP contribution >= 0.6 is 11.8 Å². The predicted octanol–water partition coefficient (Wildman–Crippen LogP) is -0.936. The Hall–Kier alpha value is -2.87. The minimum absolute atomic E-state index is 0.00335. The summed E-state index contributed by atoms with van der Waals surface area (Å²) in [6.07, 6.45) is 2.19. The molecule has 5 atom stereocenters. The first kappa shape index (κ1) is 32.2. The number of thioether (sulfide) groups is 1. The highest BCUT2D eigenvalue weighted by atomic mass is 32.2. The normalized spacial score (nSPS) is 15.1. The van der Waals surface area contributed by atoms with Crippen molar-refractivity contribution in [2.45, 2.75) is 69.3 Å². The second-order valence-electron chi connectivity index (χ2n) is 8.72. The summed E-state index contributed by atoms with van der Waals surface area (Å²) in [4.78, 5) is 50.4. The average Bonchev–Trinajstić information content (AvgIpc) is 2.85. The number of hydrogen-bond acceptors (Lipinski definition) is 9. The van der Waals surface area contributed by atoms with Gasteiger partial charge in [0, 0.05) is 6.42 Å². The fraction of sp³-hybridized carbons (Fsp3) is 0.583. The largest absolute Gasteiger partial charge is 0.508 e. The van der Waals surface area contributed by atoms with Crippen LogP contribution in [0.2, 0.25) is 0 Å². The first-order valence-corrected chi connectivity index (χ1v) is 13.4. The summed E-state index contributed by atoms with van der Waals surface area (Å²) in [5.74, 6) is -2.77. The molecule has 0 radical (unpaired) electrons. The summed E-state index contributed by atoms with van der Waals surface area (Å²) in [5.41, 5.74) is 11.8. The van der Waals surface area contributed by atoms with Crippen molar-refractivity contribution in [3.05, 3.63) is 29.8 Å². The average molecular weight is 542 g/mol. The highest BCUT2D eigenvalue weighted by Crippen LogP contribution is 2.13. The van der Waals surface area contributed by atoms with E-state index in [-0.39, 0.29) is 25.0 Å². The number of aliphatic hydroxyl groups is 1. The van der Waals surface area contributed by atoms with Crippen molar-refractivity contribution < 1.29 is 34.5 Å². The predicted molar refractivity (Wildman–Crippen MR) is 141 cm³/mol. The number of nitrogens with one attached hydrogen (secondary N) is 3. The van der Waals surface area contributed by atoms with E-state index in [2.05, 4.69) is 16.0 Å². The zero-order valence-corrected chi connectivity index (χ0v) is 22.0. The van der Waals surface area contributed by atoms with Crippen molar-refractivity contribution in [3.8, 4) is 5.75 Å². The van der Waals surface area contributed by atoms with Gasteiger partial charge in [0.15, 0.2) is 0 Å². The summed E-state index contributed by atoms with van der Waals surface area (Å²) < 4.78 is 0. The maximum atomic E-state index is 13.2. The van der Waals surface area contributed by atoms with Crippen molar-refractivity contribution in [1.29, 1.82) is 0 Å². The Morgan fingerprint density at radius 1 is 0.919 bits per heavy atom. The van der Waals surface area contributed by atoms with E-state index in [1.165, 1.54) is 30.8 Å². The fourth-order valence-corrected chi connectivity index (χ4v) is 3.83. The van der Waals surface area contributed by atoms with E-state index in [1.54, 1.807) is 12.1 Å². The molecule has 0 aliphatic heterocycles. The highest BCUT2D eigenvalue weighted by molar-refractivity contribution is 7.98. The van der Waals surface area contributed by atoms with Gasteiger partial charge in [-0.15, -0.1) is 0 Å². The Kier molecular flexibility index (Phi) is 14.6. The van der Waals surface area contributed by atoms with Crippen LogP contribution in [0.4, 0.5) is 0 Å². The van der Waals surface area contributed by atoms with E-state index in [0.717, 1.165) is 0 Å². The van der Waals surface area contributed by atoms with Crippen LogP contribution in [-0.2, 0) is 25.6 Å². The molecule has 13 heteroatoms. The number of amides is 3. The lowest BCUT2D eigenvalue weighted by molar-refractivity contribution is -0.142. The smallest absolute Gasteiger partial charge is 0.326 e. The highest BCUT2D eigenvalue weighted by Gasteiger charge is 2.31. The molecule has 0 aliphatic rings. The first-order valence-electron chi connectivity index (χ1n) is 12.0. The maximum Gasteiger partial charge on any atom is 0.326 e. The number of phenolic OH excluding ortho intramolecular Hbond substituents is 1. The number of aliphatic hydroxyl groups excluding tert-OH is 1. The lowest BCUT2D eigenvalue weighted by atomic mass is 10.0. The molecule has 0 bridgehead atoms. The molecule has 0 heterocycles. The Labute approximate surface area is 220 Å². The van der Waals surface area contributed by atoms with E-state index in [4.69, 9.17) is 11.5 Å². The molecular formula is C24H39N5O7S. The quantitative estimate of drug-likeness (QED) is 0.113. The molecule has 208 valence electrons. The van der Waals surface area contributed by atoms with Gasteiger partial charge in [-0.3, -0.25) is 14.4 Å². The maximum absolute atomic E-state index is 13.2. The van der Waals surface area contributed by atoms with E-state index >= 15 is 0 Å². The standard InChI is InChI=1S/C24H39N5O7S/c1-14(30)20(26)23(34)27-17(10-12-37-2)21(32)29-19(13-15-6-8-16(31)9-7-15)22(33)28-18(24(35)36)5-3-4-11-25/h6-9,14,17-20,30-31H,3-5,10-13,25-26H2,1-2H3,(H,27,34)(H,28,33)(H,29,32)(H,35,36). The molecule has 1 aromatic carbocycles. The summed E-state index contributed by atoms with van der Waals surface area (Å²) in [6, 6.07) is 1.38. The minimum atomic E-state index is -1.24. The molecule has 1 aromatic rings. The minimum Gasteiger partial charge on any atom is -0.508 e. The third-order valence-electron chi connectivity index (χ3n) is 5.64. The number of carbonyl (C=O) groups is 4. The molecule has 0 aliphatic carbocycles. The van der Waals surface area contributed by atoms with Crippen molar-refractivity contribution in [2.24, 2.45) is 11.5 Å². The second kappa shape index (κ2) is 16.8. The van der Waals surface area contributed by atoms with Crippen LogP contribution in [0.25, 0.3) is 0 Å². The van der Waals surface area contributed by atoms with Crippen LogP contribution in [0.15, 0.2) is 24.3 Å². The van der Waals surface area contributed by atoms with Crippen molar-refractivity contribution in [3.63, 3.8) is 0 Å². The van der Waals surface area contributed by atoms with Gasteiger partial charge in [0.2, 0.25) is 17.7 Å². The summed E-state index contributed by atoms with van der Waals surface area (Å²) >= 11 is 1.45. The molecule has 0 saturated heterocycles. The Bertz CT molecular complexity index is 885. The van der Waals surface area contributed by atoms with Gasteiger partial charge >= 0.3 is 5.97 Å². The van der Waals surface area contributed by atoms with Crippen LogP contribution in [0.1, 0.15) is 38.2 Å². The van der Waals surface area contributed by atoms with Crippen LogP contribution < -0.4 is 27.4 Å². The molecule has 0 aromatic heterocycles. The molecule has 0 saturated carbocycles. The molecule has 0 spiro atoms. The molecule has 0 fully saturated rings. The number of unbranched alkanes of at least 4 members (excludes halogenated alkanes) is 1. The van der Waals surface area contributed by atoms with E-state index in [9.17, 15) is 34.5 Å². The SMILES string of the molecule is CSCCC(NC(=O)C(N)C(C)O)C(=O)NC(Cc1ccc(O)cc1)C(=O)NC(CCCCN)C(=O)O. The number of nitrogens with two attached hydrogens (primary N) is 2. The molecular weight excluding hydrogens is 502 g/mol. The number of rotatable bonds is 17. The topological polar surface area (TPSA) is 217 Å². The number of aromatic hydroxyl groups is 1. The zero-order valence-electron chi connectivity index (χ0n) is 21.2.